The Balaban J connectivity index is 2.03. The van der Waals surface area contributed by atoms with Gasteiger partial charge >= 0.3 is 0 Å². The topological polar surface area (TPSA) is 33.1 Å². The lowest BCUT2D eigenvalue weighted by atomic mass is 10.0. The van der Waals surface area contributed by atoms with Crippen molar-refractivity contribution in [3.63, 3.8) is 0 Å². The average Bonchev–Trinajstić information content (AvgIpc) is 2.84. The van der Waals surface area contributed by atoms with Crippen molar-refractivity contribution < 1.29 is 5.11 Å². The summed E-state index contributed by atoms with van der Waals surface area (Å²) in [6, 6.07) is 13.8. The molecule has 2 nitrogen and oxygen atoms in total. The zero-order chi connectivity index (χ0) is 13.4. The molecule has 2 aromatic heterocycles. The van der Waals surface area contributed by atoms with Gasteiger partial charge in [0.15, 0.2) is 0 Å². The summed E-state index contributed by atoms with van der Waals surface area (Å²) in [6.45, 7) is 1.98. The SMILES string of the molecule is Cc1ccc2cc(C(O)c3ccc(Br)s3)ccc2n1. The molecular formula is C15H12BrNOS. The van der Waals surface area contributed by atoms with Crippen LogP contribution >= 0.6 is 27.3 Å². The molecule has 1 aromatic carbocycles. The quantitative estimate of drug-likeness (QED) is 0.751. The first-order valence-corrected chi connectivity index (χ1v) is 7.55. The minimum Gasteiger partial charge on any atom is -0.383 e. The largest absolute Gasteiger partial charge is 0.383 e. The molecule has 0 spiro atoms. The van der Waals surface area contributed by atoms with Gasteiger partial charge in [-0.3, -0.25) is 4.98 Å². The Labute approximate surface area is 123 Å². The molecule has 0 saturated heterocycles. The molecule has 0 aliphatic heterocycles. The normalized spacial score (nSPS) is 12.8. The van der Waals surface area contributed by atoms with Gasteiger partial charge < -0.3 is 5.11 Å². The van der Waals surface area contributed by atoms with Gasteiger partial charge in [-0.15, -0.1) is 11.3 Å². The average molecular weight is 334 g/mol. The fourth-order valence-electron chi connectivity index (χ4n) is 2.06. The van der Waals surface area contributed by atoms with Crippen LogP contribution in [0.15, 0.2) is 46.3 Å². The number of aliphatic hydroxyl groups excluding tert-OH is 1. The molecule has 0 amide bonds. The third kappa shape index (κ3) is 2.56. The molecule has 0 radical (unpaired) electrons. The van der Waals surface area contributed by atoms with Gasteiger partial charge in [-0.1, -0.05) is 12.1 Å². The molecule has 4 heteroatoms. The van der Waals surface area contributed by atoms with E-state index in [9.17, 15) is 5.11 Å². The molecule has 0 aliphatic carbocycles. The molecular weight excluding hydrogens is 322 g/mol. The van der Waals surface area contributed by atoms with E-state index in [1.54, 1.807) is 11.3 Å². The molecule has 3 aromatic rings. The number of halogens is 1. The molecule has 0 fully saturated rings. The summed E-state index contributed by atoms with van der Waals surface area (Å²) in [5.41, 5.74) is 2.86. The predicted molar refractivity (Wildman–Crippen MR) is 82.6 cm³/mol. The first-order chi connectivity index (χ1) is 9.13. The highest BCUT2D eigenvalue weighted by atomic mass is 79.9. The van der Waals surface area contributed by atoms with Gasteiger partial charge in [0.2, 0.25) is 0 Å². The summed E-state index contributed by atoms with van der Waals surface area (Å²) >= 11 is 4.97. The summed E-state index contributed by atoms with van der Waals surface area (Å²) < 4.78 is 1.03. The van der Waals surface area contributed by atoms with Crippen molar-refractivity contribution >= 4 is 38.2 Å². The second kappa shape index (κ2) is 5.04. The van der Waals surface area contributed by atoms with Crippen molar-refractivity contribution in [1.29, 1.82) is 0 Å². The third-order valence-electron chi connectivity index (χ3n) is 3.03. The molecule has 1 unspecified atom stereocenters. The smallest absolute Gasteiger partial charge is 0.113 e. The molecule has 19 heavy (non-hydrogen) atoms. The van der Waals surface area contributed by atoms with Crippen molar-refractivity contribution in [2.75, 3.05) is 0 Å². The molecule has 1 N–H and O–H groups in total. The van der Waals surface area contributed by atoms with Gasteiger partial charge in [0.05, 0.1) is 9.30 Å². The number of fused-ring (bicyclic) bond motifs is 1. The maximum Gasteiger partial charge on any atom is 0.113 e. The van der Waals surface area contributed by atoms with Crippen molar-refractivity contribution in [2.24, 2.45) is 0 Å². The Morgan fingerprint density at radius 3 is 2.74 bits per heavy atom. The Kier molecular flexibility index (Phi) is 3.39. The highest BCUT2D eigenvalue weighted by molar-refractivity contribution is 9.11. The number of aliphatic hydroxyl groups is 1. The first kappa shape index (κ1) is 12.8. The lowest BCUT2D eigenvalue weighted by Gasteiger charge is -2.10. The van der Waals surface area contributed by atoms with Crippen LogP contribution in [0.3, 0.4) is 0 Å². The molecule has 0 bridgehead atoms. The van der Waals surface area contributed by atoms with Crippen LogP contribution < -0.4 is 0 Å². The van der Waals surface area contributed by atoms with Crippen LogP contribution in [-0.4, -0.2) is 10.1 Å². The van der Waals surface area contributed by atoms with Crippen LogP contribution in [0.1, 0.15) is 22.2 Å². The van der Waals surface area contributed by atoms with Gasteiger partial charge in [-0.2, -0.15) is 0 Å². The fraction of sp³-hybridized carbons (Fsp3) is 0.133. The van der Waals surface area contributed by atoms with E-state index < -0.39 is 6.10 Å². The summed E-state index contributed by atoms with van der Waals surface area (Å²) in [4.78, 5) is 5.40. The number of hydrogen-bond donors (Lipinski definition) is 1. The van der Waals surface area contributed by atoms with Gasteiger partial charge in [-0.25, -0.2) is 0 Å². The van der Waals surface area contributed by atoms with Gasteiger partial charge in [0.25, 0.3) is 0 Å². The van der Waals surface area contributed by atoms with Crippen LogP contribution in [0.2, 0.25) is 0 Å². The minimum atomic E-state index is -0.581. The predicted octanol–water partition coefficient (Wildman–Crippen LogP) is 4.45. The number of thiophene rings is 1. The number of pyridine rings is 1. The zero-order valence-corrected chi connectivity index (χ0v) is 12.7. The van der Waals surface area contributed by atoms with E-state index in [1.807, 2.05) is 49.4 Å². The maximum atomic E-state index is 10.4. The van der Waals surface area contributed by atoms with Crippen molar-refractivity contribution in [1.82, 2.24) is 4.98 Å². The number of aryl methyl sites for hydroxylation is 1. The van der Waals surface area contributed by atoms with Crippen LogP contribution in [0.25, 0.3) is 10.9 Å². The molecule has 2 heterocycles. The van der Waals surface area contributed by atoms with Crippen LogP contribution in [0.5, 0.6) is 0 Å². The summed E-state index contributed by atoms with van der Waals surface area (Å²) in [7, 11) is 0. The van der Waals surface area contributed by atoms with E-state index in [2.05, 4.69) is 20.9 Å². The van der Waals surface area contributed by atoms with Crippen LogP contribution in [-0.2, 0) is 0 Å². The van der Waals surface area contributed by atoms with Gasteiger partial charge in [-0.05, 0) is 58.7 Å². The number of aromatic nitrogens is 1. The highest BCUT2D eigenvalue weighted by Gasteiger charge is 2.13. The Hall–Kier alpha value is -1.23. The fourth-order valence-corrected chi connectivity index (χ4v) is 3.49. The van der Waals surface area contributed by atoms with Gasteiger partial charge in [0.1, 0.15) is 6.10 Å². The van der Waals surface area contributed by atoms with E-state index in [4.69, 9.17) is 0 Å². The van der Waals surface area contributed by atoms with Crippen LogP contribution in [0, 0.1) is 6.92 Å². The van der Waals surface area contributed by atoms with E-state index >= 15 is 0 Å². The van der Waals surface area contributed by atoms with E-state index in [0.29, 0.717) is 0 Å². The Bertz CT molecular complexity index is 738. The minimum absolute atomic E-state index is 0.581. The summed E-state index contributed by atoms with van der Waals surface area (Å²) in [6.07, 6.45) is -0.581. The molecule has 1 atom stereocenters. The van der Waals surface area contributed by atoms with Crippen molar-refractivity contribution in [2.45, 2.75) is 13.0 Å². The third-order valence-corrected chi connectivity index (χ3v) is 4.71. The molecule has 0 saturated carbocycles. The summed E-state index contributed by atoms with van der Waals surface area (Å²) in [5, 5.41) is 11.4. The van der Waals surface area contributed by atoms with Crippen LogP contribution in [0.4, 0.5) is 0 Å². The van der Waals surface area contributed by atoms with E-state index in [1.165, 1.54) is 0 Å². The monoisotopic (exact) mass is 333 g/mol. The summed E-state index contributed by atoms with van der Waals surface area (Å²) in [5.74, 6) is 0. The standard InChI is InChI=1S/C15H12BrNOS/c1-9-2-3-10-8-11(4-5-12(10)17-9)15(18)13-6-7-14(16)19-13/h2-8,15,18H,1H3. The Morgan fingerprint density at radius 1 is 1.16 bits per heavy atom. The molecule has 0 aliphatic rings. The zero-order valence-electron chi connectivity index (χ0n) is 10.3. The number of nitrogens with zero attached hydrogens (tertiary/aromatic N) is 1. The van der Waals surface area contributed by atoms with E-state index in [0.717, 1.165) is 30.8 Å². The van der Waals surface area contributed by atoms with E-state index in [-0.39, 0.29) is 0 Å². The number of hydrogen-bond acceptors (Lipinski definition) is 3. The maximum absolute atomic E-state index is 10.4. The first-order valence-electron chi connectivity index (χ1n) is 5.94. The number of rotatable bonds is 2. The second-order valence-electron chi connectivity index (χ2n) is 4.45. The van der Waals surface area contributed by atoms with Crippen molar-refractivity contribution in [3.05, 3.63) is 62.4 Å². The lowest BCUT2D eigenvalue weighted by Crippen LogP contribution is -1.97. The second-order valence-corrected chi connectivity index (χ2v) is 6.94. The molecule has 3 rings (SSSR count). The Morgan fingerprint density at radius 2 is 2.00 bits per heavy atom. The number of benzene rings is 1. The highest BCUT2D eigenvalue weighted by Crippen LogP contribution is 2.32. The molecule has 96 valence electrons. The van der Waals surface area contributed by atoms with Gasteiger partial charge in [0, 0.05) is 16.0 Å². The van der Waals surface area contributed by atoms with Crippen molar-refractivity contribution in [3.8, 4) is 0 Å². The lowest BCUT2D eigenvalue weighted by molar-refractivity contribution is 0.224.